The molecule has 1 atom stereocenters. The van der Waals surface area contributed by atoms with Crippen molar-refractivity contribution < 1.29 is 22.5 Å². The first kappa shape index (κ1) is 13.2. The summed E-state index contributed by atoms with van der Waals surface area (Å²) in [5, 5.41) is 0. The molecule has 90 valence electrons. The van der Waals surface area contributed by atoms with E-state index in [-0.39, 0.29) is 10.6 Å². The Morgan fingerprint density at radius 2 is 1.94 bits per heavy atom. The van der Waals surface area contributed by atoms with Crippen molar-refractivity contribution in [3.8, 4) is 0 Å². The second kappa shape index (κ2) is 6.03. The predicted molar refractivity (Wildman–Crippen MR) is 55.4 cm³/mol. The molecule has 1 unspecified atom stereocenters. The number of rotatable bonds is 5. The fourth-order valence-electron chi connectivity index (χ4n) is 1.11. The second-order valence-corrected chi connectivity index (χ2v) is 4.45. The highest BCUT2D eigenvalue weighted by atomic mass is 32.2. The summed E-state index contributed by atoms with van der Waals surface area (Å²) in [7, 11) is 1.17. The van der Waals surface area contributed by atoms with Crippen LogP contribution < -0.4 is 0 Å². The van der Waals surface area contributed by atoms with E-state index in [4.69, 9.17) is 9.47 Å². The lowest BCUT2D eigenvalue weighted by atomic mass is 10.3. The van der Waals surface area contributed by atoms with E-state index in [0.29, 0.717) is 6.07 Å². The zero-order valence-electron chi connectivity index (χ0n) is 8.91. The van der Waals surface area contributed by atoms with Crippen molar-refractivity contribution in [2.45, 2.75) is 11.2 Å². The highest BCUT2D eigenvalue weighted by Gasteiger charge is 2.16. The summed E-state index contributed by atoms with van der Waals surface area (Å²) >= 11 is 0. The lowest BCUT2D eigenvalue weighted by Gasteiger charge is -2.12. The van der Waals surface area contributed by atoms with E-state index in [0.717, 1.165) is 12.1 Å². The van der Waals surface area contributed by atoms with Gasteiger partial charge in [-0.05, 0) is 12.1 Å². The largest absolute Gasteiger partial charge is 0.355 e. The minimum Gasteiger partial charge on any atom is -0.355 e. The molecule has 0 fully saturated rings. The van der Waals surface area contributed by atoms with E-state index in [1.165, 1.54) is 14.2 Å². The van der Waals surface area contributed by atoms with Crippen molar-refractivity contribution in [1.82, 2.24) is 0 Å². The SMILES string of the molecule is COC(CS(=O)c1ccc(F)cc1F)OC. The van der Waals surface area contributed by atoms with Crippen LogP contribution in [0, 0.1) is 11.6 Å². The van der Waals surface area contributed by atoms with Crippen LogP contribution in [0.25, 0.3) is 0 Å². The summed E-state index contributed by atoms with van der Waals surface area (Å²) in [6.07, 6.45) is -0.676. The first-order valence-electron chi connectivity index (χ1n) is 4.47. The molecule has 3 nitrogen and oxygen atoms in total. The Morgan fingerprint density at radius 3 is 2.44 bits per heavy atom. The van der Waals surface area contributed by atoms with Gasteiger partial charge in [0.15, 0.2) is 6.29 Å². The smallest absolute Gasteiger partial charge is 0.168 e. The van der Waals surface area contributed by atoms with E-state index in [9.17, 15) is 13.0 Å². The van der Waals surface area contributed by atoms with Gasteiger partial charge in [-0.1, -0.05) is 0 Å². The summed E-state index contributed by atoms with van der Waals surface area (Å²) in [5.41, 5.74) is 0. The second-order valence-electron chi connectivity index (χ2n) is 2.99. The van der Waals surface area contributed by atoms with Crippen molar-refractivity contribution in [3.63, 3.8) is 0 Å². The summed E-state index contributed by atoms with van der Waals surface area (Å²) in [4.78, 5) is -0.0551. The van der Waals surface area contributed by atoms with Gasteiger partial charge >= 0.3 is 0 Å². The molecule has 0 aliphatic rings. The van der Waals surface area contributed by atoms with E-state index in [2.05, 4.69) is 0 Å². The Bertz CT molecular complexity index is 380. The standard InChI is InChI=1S/C10H12F2O3S/c1-14-10(15-2)6-16(13)9-4-3-7(11)5-8(9)12/h3-5,10H,6H2,1-2H3. The molecule has 6 heteroatoms. The maximum atomic E-state index is 13.2. The van der Waals surface area contributed by atoms with Gasteiger partial charge in [0, 0.05) is 20.3 Å². The van der Waals surface area contributed by atoms with Gasteiger partial charge < -0.3 is 9.47 Å². The van der Waals surface area contributed by atoms with Crippen LogP contribution in [-0.4, -0.2) is 30.5 Å². The molecular formula is C10H12F2O3S. The minimum atomic E-state index is -1.62. The highest BCUT2D eigenvalue weighted by Crippen LogP contribution is 2.15. The summed E-state index contributed by atoms with van der Waals surface area (Å²) < 4.78 is 47.2. The molecule has 0 saturated heterocycles. The number of halogens is 2. The maximum absolute atomic E-state index is 13.2. The van der Waals surface area contributed by atoms with Gasteiger partial charge in [0.2, 0.25) is 0 Å². The van der Waals surface area contributed by atoms with Gasteiger partial charge in [-0.2, -0.15) is 0 Å². The zero-order chi connectivity index (χ0) is 12.1. The van der Waals surface area contributed by atoms with E-state index in [1.54, 1.807) is 0 Å². The van der Waals surface area contributed by atoms with E-state index < -0.39 is 28.7 Å². The Morgan fingerprint density at radius 1 is 1.31 bits per heavy atom. The highest BCUT2D eigenvalue weighted by molar-refractivity contribution is 7.85. The molecular weight excluding hydrogens is 238 g/mol. The number of ether oxygens (including phenoxy) is 2. The number of hydrogen-bond donors (Lipinski definition) is 0. The average Bonchev–Trinajstić information content (AvgIpc) is 2.25. The normalized spacial score (nSPS) is 13.1. The van der Waals surface area contributed by atoms with Crippen LogP contribution >= 0.6 is 0 Å². The molecule has 0 N–H and O–H groups in total. The van der Waals surface area contributed by atoms with Crippen LogP contribution in [0.4, 0.5) is 8.78 Å². The molecule has 0 aromatic heterocycles. The molecule has 0 spiro atoms. The predicted octanol–water partition coefficient (Wildman–Crippen LogP) is 1.69. The fraction of sp³-hybridized carbons (Fsp3) is 0.400. The van der Waals surface area contributed by atoms with Crippen LogP contribution in [0.1, 0.15) is 0 Å². The van der Waals surface area contributed by atoms with Crippen molar-refractivity contribution >= 4 is 10.8 Å². The van der Waals surface area contributed by atoms with Crippen molar-refractivity contribution in [1.29, 1.82) is 0 Å². The summed E-state index contributed by atoms with van der Waals surface area (Å²) in [6, 6.07) is 2.91. The molecule has 1 aromatic carbocycles. The summed E-state index contributed by atoms with van der Waals surface area (Å²) in [6.45, 7) is 0. The van der Waals surface area contributed by atoms with Gasteiger partial charge in [-0.25, -0.2) is 8.78 Å². The van der Waals surface area contributed by atoms with Crippen LogP contribution in [-0.2, 0) is 20.3 Å². The fourth-order valence-corrected chi connectivity index (χ4v) is 2.30. The molecule has 0 radical (unpaired) electrons. The average molecular weight is 250 g/mol. The van der Waals surface area contributed by atoms with Crippen molar-refractivity contribution in [2.24, 2.45) is 0 Å². The third-order valence-corrected chi connectivity index (χ3v) is 3.35. The zero-order valence-corrected chi connectivity index (χ0v) is 9.72. The summed E-state index contributed by atoms with van der Waals surface area (Å²) in [5.74, 6) is -1.53. The van der Waals surface area contributed by atoms with Gasteiger partial charge in [-0.15, -0.1) is 0 Å². The van der Waals surface area contributed by atoms with E-state index >= 15 is 0 Å². The molecule has 0 saturated carbocycles. The quantitative estimate of drug-likeness (QED) is 0.746. The Kier molecular flexibility index (Phi) is 4.98. The Hall–Kier alpha value is -0.850. The number of benzene rings is 1. The molecule has 16 heavy (non-hydrogen) atoms. The minimum absolute atomic E-state index is 0.00441. The van der Waals surface area contributed by atoms with Crippen molar-refractivity contribution in [2.75, 3.05) is 20.0 Å². The Labute approximate surface area is 94.8 Å². The lowest BCUT2D eigenvalue weighted by Crippen LogP contribution is -2.21. The van der Waals surface area contributed by atoms with E-state index in [1.807, 2.05) is 0 Å². The molecule has 0 bridgehead atoms. The van der Waals surface area contributed by atoms with Crippen LogP contribution in [0.2, 0.25) is 0 Å². The molecule has 0 heterocycles. The maximum Gasteiger partial charge on any atom is 0.168 e. The molecule has 0 aliphatic heterocycles. The van der Waals surface area contributed by atoms with Gasteiger partial charge in [0.1, 0.15) is 11.6 Å². The van der Waals surface area contributed by atoms with Gasteiger partial charge in [0.25, 0.3) is 0 Å². The van der Waals surface area contributed by atoms with Gasteiger partial charge in [-0.3, -0.25) is 4.21 Å². The first-order chi connectivity index (χ1) is 7.58. The first-order valence-corrected chi connectivity index (χ1v) is 5.79. The molecule has 0 aliphatic carbocycles. The van der Waals surface area contributed by atoms with Crippen LogP contribution in [0.3, 0.4) is 0 Å². The van der Waals surface area contributed by atoms with Crippen LogP contribution in [0.5, 0.6) is 0 Å². The monoisotopic (exact) mass is 250 g/mol. The molecule has 1 aromatic rings. The topological polar surface area (TPSA) is 35.5 Å². The number of hydrogen-bond acceptors (Lipinski definition) is 3. The Balaban J connectivity index is 2.80. The third kappa shape index (κ3) is 3.33. The number of methoxy groups -OCH3 is 2. The van der Waals surface area contributed by atoms with Crippen molar-refractivity contribution in [3.05, 3.63) is 29.8 Å². The third-order valence-electron chi connectivity index (χ3n) is 1.95. The molecule has 1 rings (SSSR count). The van der Waals surface area contributed by atoms with Crippen LogP contribution in [0.15, 0.2) is 23.1 Å². The van der Waals surface area contributed by atoms with Gasteiger partial charge in [0.05, 0.1) is 21.4 Å². The lowest BCUT2D eigenvalue weighted by molar-refractivity contribution is -0.0847. The molecule has 0 amide bonds.